The molecule has 3 heteroatoms. The molecule has 0 aliphatic rings. The summed E-state index contributed by atoms with van der Waals surface area (Å²) in [6.07, 6.45) is 6.03. The second-order valence-electron chi connectivity index (χ2n) is 2.87. The van der Waals surface area contributed by atoms with Crippen LogP contribution in [0.3, 0.4) is 0 Å². The molecule has 0 aromatic carbocycles. The van der Waals surface area contributed by atoms with E-state index in [0.29, 0.717) is 6.61 Å². The van der Waals surface area contributed by atoms with Gasteiger partial charge in [0, 0.05) is 0 Å². The number of aromatic nitrogens is 2. The van der Waals surface area contributed by atoms with E-state index in [2.05, 4.69) is 11.1 Å². The second-order valence-corrected chi connectivity index (χ2v) is 2.87. The van der Waals surface area contributed by atoms with Gasteiger partial charge in [0.15, 0.2) is 0 Å². The summed E-state index contributed by atoms with van der Waals surface area (Å²) in [6, 6.07) is 0. The highest BCUT2D eigenvalue weighted by Gasteiger charge is 1.98. The molecule has 0 saturated carbocycles. The Bertz CT molecular complexity index is 265. The van der Waals surface area contributed by atoms with Crippen molar-refractivity contribution in [2.24, 2.45) is 7.05 Å². The van der Waals surface area contributed by atoms with Crippen LogP contribution < -0.4 is 4.57 Å². The molecule has 0 radical (unpaired) electrons. The standard InChI is InChI=1S/C9H15N2O/c1-9(2)12-7-6-11-5-4-10(3)8-11/h4-5,8H,1,6-7H2,2-3H3/q+1. The lowest BCUT2D eigenvalue weighted by Gasteiger charge is -2.01. The number of rotatable bonds is 4. The van der Waals surface area contributed by atoms with Crippen molar-refractivity contribution in [2.45, 2.75) is 13.5 Å². The van der Waals surface area contributed by atoms with E-state index in [1.807, 2.05) is 37.3 Å². The number of aryl methyl sites for hydroxylation is 1. The Hall–Kier alpha value is -1.25. The molecule has 0 saturated heterocycles. The van der Waals surface area contributed by atoms with Crippen LogP contribution >= 0.6 is 0 Å². The van der Waals surface area contributed by atoms with Gasteiger partial charge >= 0.3 is 0 Å². The Labute approximate surface area is 72.9 Å². The van der Waals surface area contributed by atoms with Gasteiger partial charge in [-0.25, -0.2) is 9.13 Å². The quantitative estimate of drug-likeness (QED) is 0.480. The first kappa shape index (κ1) is 8.84. The maximum Gasteiger partial charge on any atom is 0.243 e. The molecular weight excluding hydrogens is 152 g/mol. The molecule has 0 aliphatic heterocycles. The minimum Gasteiger partial charge on any atom is -0.495 e. The van der Waals surface area contributed by atoms with Crippen molar-refractivity contribution in [2.75, 3.05) is 6.61 Å². The van der Waals surface area contributed by atoms with Gasteiger partial charge in [-0.05, 0) is 6.92 Å². The fourth-order valence-electron chi connectivity index (χ4n) is 0.959. The van der Waals surface area contributed by atoms with E-state index < -0.39 is 0 Å². The molecule has 1 heterocycles. The third-order valence-electron chi connectivity index (χ3n) is 1.52. The van der Waals surface area contributed by atoms with Gasteiger partial charge < -0.3 is 4.74 Å². The summed E-state index contributed by atoms with van der Waals surface area (Å²) < 4.78 is 9.30. The van der Waals surface area contributed by atoms with Gasteiger partial charge in [0.1, 0.15) is 25.5 Å². The molecule has 66 valence electrons. The van der Waals surface area contributed by atoms with E-state index in [1.54, 1.807) is 0 Å². The Morgan fingerprint density at radius 1 is 1.67 bits per heavy atom. The SMILES string of the molecule is C=C(C)OCCn1cc[n+](C)c1. The highest BCUT2D eigenvalue weighted by atomic mass is 16.5. The maximum absolute atomic E-state index is 5.23. The van der Waals surface area contributed by atoms with Crippen molar-refractivity contribution in [1.29, 1.82) is 0 Å². The molecule has 0 N–H and O–H groups in total. The van der Waals surface area contributed by atoms with Gasteiger partial charge in [0.05, 0.1) is 12.8 Å². The van der Waals surface area contributed by atoms with Crippen LogP contribution in [0.2, 0.25) is 0 Å². The topological polar surface area (TPSA) is 18.0 Å². The number of imidazole rings is 1. The first-order valence-electron chi connectivity index (χ1n) is 3.98. The molecule has 0 unspecified atom stereocenters. The molecule has 1 aromatic rings. The molecule has 1 rings (SSSR count). The lowest BCUT2D eigenvalue weighted by atomic mass is 10.6. The molecule has 0 spiro atoms. The summed E-state index contributed by atoms with van der Waals surface area (Å²) in [5, 5.41) is 0. The van der Waals surface area contributed by atoms with Crippen LogP contribution in [0.4, 0.5) is 0 Å². The molecule has 12 heavy (non-hydrogen) atoms. The predicted octanol–water partition coefficient (Wildman–Crippen LogP) is 0.863. The molecule has 0 atom stereocenters. The van der Waals surface area contributed by atoms with Crippen molar-refractivity contribution in [3.05, 3.63) is 31.1 Å². The van der Waals surface area contributed by atoms with E-state index in [1.165, 1.54) is 0 Å². The maximum atomic E-state index is 5.23. The molecule has 1 aromatic heterocycles. The molecule has 0 fully saturated rings. The van der Waals surface area contributed by atoms with Gasteiger partial charge in [0.25, 0.3) is 0 Å². The summed E-state index contributed by atoms with van der Waals surface area (Å²) in [5.41, 5.74) is 0. The largest absolute Gasteiger partial charge is 0.495 e. The van der Waals surface area contributed by atoms with Crippen LogP contribution in [-0.4, -0.2) is 11.2 Å². The van der Waals surface area contributed by atoms with Crippen LogP contribution in [-0.2, 0) is 18.3 Å². The van der Waals surface area contributed by atoms with E-state index in [9.17, 15) is 0 Å². The van der Waals surface area contributed by atoms with Crippen LogP contribution in [0.5, 0.6) is 0 Å². The van der Waals surface area contributed by atoms with Crippen LogP contribution in [0, 0.1) is 0 Å². The van der Waals surface area contributed by atoms with Crippen molar-refractivity contribution in [1.82, 2.24) is 4.57 Å². The number of allylic oxidation sites excluding steroid dienone is 1. The summed E-state index contributed by atoms with van der Waals surface area (Å²) >= 11 is 0. The Balaban J connectivity index is 2.29. The normalized spacial score (nSPS) is 9.83. The van der Waals surface area contributed by atoms with Crippen molar-refractivity contribution >= 4 is 0 Å². The predicted molar refractivity (Wildman–Crippen MR) is 46.4 cm³/mol. The third-order valence-corrected chi connectivity index (χ3v) is 1.52. The summed E-state index contributed by atoms with van der Waals surface area (Å²) in [7, 11) is 2.00. The third kappa shape index (κ3) is 2.78. The molecule has 0 amide bonds. The highest BCUT2D eigenvalue weighted by molar-refractivity contribution is 4.73. The zero-order valence-corrected chi connectivity index (χ0v) is 7.66. The fraction of sp³-hybridized carbons (Fsp3) is 0.444. The molecule has 3 nitrogen and oxygen atoms in total. The summed E-state index contributed by atoms with van der Waals surface area (Å²) in [6.45, 7) is 7.06. The molecule has 0 bridgehead atoms. The van der Waals surface area contributed by atoms with Crippen molar-refractivity contribution in [3.63, 3.8) is 0 Å². The van der Waals surface area contributed by atoms with Crippen LogP contribution in [0.1, 0.15) is 6.92 Å². The Morgan fingerprint density at radius 2 is 2.42 bits per heavy atom. The number of ether oxygens (including phenoxy) is 1. The second kappa shape index (κ2) is 3.95. The minimum atomic E-state index is 0.685. The fourth-order valence-corrected chi connectivity index (χ4v) is 0.959. The lowest BCUT2D eigenvalue weighted by molar-refractivity contribution is -0.671. The van der Waals surface area contributed by atoms with Crippen molar-refractivity contribution < 1.29 is 9.30 Å². The molecular formula is C9H15N2O+. The van der Waals surface area contributed by atoms with E-state index in [-0.39, 0.29) is 0 Å². The monoisotopic (exact) mass is 167 g/mol. The Kier molecular flexibility index (Phi) is 2.91. The summed E-state index contributed by atoms with van der Waals surface area (Å²) in [4.78, 5) is 0. The van der Waals surface area contributed by atoms with Gasteiger partial charge in [-0.15, -0.1) is 0 Å². The smallest absolute Gasteiger partial charge is 0.243 e. The van der Waals surface area contributed by atoms with Crippen LogP contribution in [0.15, 0.2) is 31.1 Å². The van der Waals surface area contributed by atoms with Gasteiger partial charge in [-0.1, -0.05) is 6.58 Å². The van der Waals surface area contributed by atoms with Gasteiger partial charge in [-0.2, -0.15) is 0 Å². The first-order valence-corrected chi connectivity index (χ1v) is 3.98. The van der Waals surface area contributed by atoms with E-state index in [4.69, 9.17) is 4.74 Å². The average molecular weight is 167 g/mol. The lowest BCUT2D eigenvalue weighted by Crippen LogP contribution is -2.24. The minimum absolute atomic E-state index is 0.685. The number of hydrogen-bond donors (Lipinski definition) is 0. The highest BCUT2D eigenvalue weighted by Crippen LogP contribution is 1.91. The zero-order valence-electron chi connectivity index (χ0n) is 7.66. The molecule has 0 aliphatic carbocycles. The number of hydrogen-bond acceptors (Lipinski definition) is 1. The number of nitrogens with zero attached hydrogens (tertiary/aromatic N) is 2. The van der Waals surface area contributed by atoms with E-state index >= 15 is 0 Å². The average Bonchev–Trinajstić information content (AvgIpc) is 2.35. The Morgan fingerprint density at radius 3 is 2.92 bits per heavy atom. The first-order chi connectivity index (χ1) is 5.68. The van der Waals surface area contributed by atoms with Crippen molar-refractivity contribution in [3.8, 4) is 0 Å². The van der Waals surface area contributed by atoms with E-state index in [0.717, 1.165) is 12.3 Å². The van der Waals surface area contributed by atoms with Crippen LogP contribution in [0.25, 0.3) is 0 Å². The van der Waals surface area contributed by atoms with Gasteiger partial charge in [0.2, 0.25) is 6.33 Å². The zero-order chi connectivity index (χ0) is 8.97. The summed E-state index contributed by atoms with van der Waals surface area (Å²) in [5.74, 6) is 0.770. The van der Waals surface area contributed by atoms with Gasteiger partial charge in [-0.3, -0.25) is 0 Å².